The lowest BCUT2D eigenvalue weighted by Crippen LogP contribution is -2.51. The Labute approximate surface area is 70.1 Å². The molecule has 0 spiro atoms. The van der Waals surface area contributed by atoms with Gasteiger partial charge in [0.2, 0.25) is 0 Å². The van der Waals surface area contributed by atoms with Gasteiger partial charge in [-0.25, -0.2) is 0 Å². The standard InChI is InChI=1S/C5H8O3.CH5N3/c1-4(6)2-3-5(7)8;2-1(3)4/h2-3H2,1H3,(H,7,8);(H5,2,3,4). The van der Waals surface area contributed by atoms with Crippen molar-refractivity contribution in [3.05, 3.63) is 0 Å². The summed E-state index contributed by atoms with van der Waals surface area (Å²) in [5, 5.41) is 14.2. The van der Waals surface area contributed by atoms with Gasteiger partial charge in [0.05, 0.1) is 0 Å². The Kier molecular flexibility index (Phi) is 8.16. The van der Waals surface area contributed by atoms with Crippen molar-refractivity contribution in [2.24, 2.45) is 11.5 Å². The summed E-state index contributed by atoms with van der Waals surface area (Å²) in [5.74, 6) is -1.37. The molecule has 0 bridgehead atoms. The highest BCUT2D eigenvalue weighted by Gasteiger charge is 1.90. The first-order chi connectivity index (χ1) is 5.36. The molecule has 6 heteroatoms. The fraction of sp³-hybridized carbons (Fsp3) is 0.500. The first-order valence-electron chi connectivity index (χ1n) is 3.19. The second kappa shape index (κ2) is 7.52. The molecule has 0 aromatic carbocycles. The third-order valence-corrected chi connectivity index (χ3v) is 0.681. The maximum absolute atomic E-state index is 10.1. The van der Waals surface area contributed by atoms with Gasteiger partial charge in [0.25, 0.3) is 0 Å². The maximum atomic E-state index is 10.1. The average molecular weight is 175 g/mol. The Bertz CT molecular complexity index is 161. The number of nitrogens with two attached hydrogens (primary N) is 3. The number of hydrogen-bond acceptors (Lipinski definition) is 3. The minimum atomic E-state index is -1.17. The zero-order chi connectivity index (χ0) is 10.1. The second-order valence-corrected chi connectivity index (χ2v) is 2.07. The Hall–Kier alpha value is -1.59. The smallest absolute Gasteiger partial charge is 0.336 e. The molecule has 12 heavy (non-hydrogen) atoms. The number of rotatable bonds is 3. The summed E-state index contributed by atoms with van der Waals surface area (Å²) in [4.78, 5) is 19.7. The molecule has 70 valence electrons. The first kappa shape index (κ1) is 13.0. The van der Waals surface area contributed by atoms with E-state index in [1.54, 1.807) is 0 Å². The van der Waals surface area contributed by atoms with Crippen molar-refractivity contribution in [3.8, 4) is 0 Å². The second-order valence-electron chi connectivity index (χ2n) is 2.07. The number of aliphatic carboxylic acids is 1. The van der Waals surface area contributed by atoms with Crippen LogP contribution in [0, 0.1) is 0 Å². The molecule has 0 aliphatic carbocycles. The van der Waals surface area contributed by atoms with Crippen LogP contribution in [-0.4, -0.2) is 17.7 Å². The molecule has 6 N–H and O–H groups in total. The van der Waals surface area contributed by atoms with E-state index in [0.29, 0.717) is 0 Å². The number of Topliss-reactive ketones (excluding diaryl/α,β-unsaturated/α-hetero) is 1. The molecule has 0 amide bonds. The quantitative estimate of drug-likeness (QED) is 0.298. The Morgan fingerprint density at radius 2 is 1.67 bits per heavy atom. The van der Waals surface area contributed by atoms with Gasteiger partial charge in [0.15, 0.2) is 0 Å². The highest BCUT2D eigenvalue weighted by atomic mass is 16.4. The van der Waals surface area contributed by atoms with E-state index in [1.807, 2.05) is 0 Å². The van der Waals surface area contributed by atoms with Gasteiger partial charge in [-0.3, -0.25) is 16.9 Å². The topological polar surface area (TPSA) is 135 Å². The highest BCUT2D eigenvalue weighted by molar-refractivity contribution is 5.79. The molecule has 6 nitrogen and oxygen atoms in total. The number of guanidine groups is 1. The van der Waals surface area contributed by atoms with E-state index in [9.17, 15) is 14.7 Å². The van der Waals surface area contributed by atoms with Crippen LogP contribution >= 0.6 is 0 Å². The number of ketones is 1. The van der Waals surface area contributed by atoms with Crippen LogP contribution in [0.5, 0.6) is 0 Å². The summed E-state index contributed by atoms with van der Waals surface area (Å²) < 4.78 is 0. The van der Waals surface area contributed by atoms with Gasteiger partial charge in [0, 0.05) is 12.4 Å². The van der Waals surface area contributed by atoms with Gasteiger partial charge in [-0.1, -0.05) is 0 Å². The van der Waals surface area contributed by atoms with Gasteiger partial charge in [-0.15, -0.1) is 0 Å². The molecular weight excluding hydrogens is 162 g/mol. The zero-order valence-electron chi connectivity index (χ0n) is 6.87. The summed E-state index contributed by atoms with van der Waals surface area (Å²) in [5.41, 5.74) is 9.17. The molecule has 0 heterocycles. The van der Waals surface area contributed by atoms with E-state index >= 15 is 0 Å². The molecule has 0 fully saturated rings. The van der Waals surface area contributed by atoms with Crippen molar-refractivity contribution in [1.29, 1.82) is 0 Å². The van der Waals surface area contributed by atoms with Crippen molar-refractivity contribution >= 4 is 17.7 Å². The van der Waals surface area contributed by atoms with Crippen molar-refractivity contribution in [2.75, 3.05) is 0 Å². The Balaban J connectivity index is 0. The summed E-state index contributed by atoms with van der Waals surface area (Å²) in [6.45, 7) is 1.35. The van der Waals surface area contributed by atoms with Crippen molar-refractivity contribution in [3.63, 3.8) is 0 Å². The highest BCUT2D eigenvalue weighted by Crippen LogP contribution is 1.86. The van der Waals surface area contributed by atoms with E-state index in [0.717, 1.165) is 0 Å². The molecule has 0 aromatic heterocycles. The lowest BCUT2D eigenvalue weighted by atomic mass is 10.2. The van der Waals surface area contributed by atoms with Gasteiger partial charge >= 0.3 is 5.96 Å². The van der Waals surface area contributed by atoms with Crippen LogP contribution in [0.3, 0.4) is 0 Å². The normalized spacial score (nSPS) is 7.75. The largest absolute Gasteiger partial charge is 0.550 e. The van der Waals surface area contributed by atoms with Crippen molar-refractivity contribution < 1.29 is 20.1 Å². The van der Waals surface area contributed by atoms with Crippen LogP contribution in [0.2, 0.25) is 0 Å². The molecule has 0 radical (unpaired) electrons. The zero-order valence-corrected chi connectivity index (χ0v) is 6.87. The van der Waals surface area contributed by atoms with E-state index < -0.39 is 5.97 Å². The van der Waals surface area contributed by atoms with Gasteiger partial charge in [0.1, 0.15) is 5.78 Å². The number of hydrogen-bond donors (Lipinski definition) is 3. The fourth-order valence-corrected chi connectivity index (χ4v) is 0.278. The molecular formula is C6H13N3O3. The summed E-state index contributed by atoms with van der Waals surface area (Å²) in [6.07, 6.45) is -0.0718. The number of carbonyl (C=O) groups excluding carboxylic acids is 2. The minimum absolute atomic E-state index is 0.0833. The van der Waals surface area contributed by atoms with E-state index in [-0.39, 0.29) is 24.6 Å². The number of carbonyl (C=O) groups is 2. The van der Waals surface area contributed by atoms with E-state index in [1.165, 1.54) is 6.92 Å². The SMILES string of the molecule is CC(=O)CCC(=O)[O-].NC(N)=[NH2+]. The van der Waals surface area contributed by atoms with Crippen LogP contribution in [0.15, 0.2) is 0 Å². The van der Waals surface area contributed by atoms with Crippen LogP contribution in [0.4, 0.5) is 0 Å². The summed E-state index contributed by atoms with van der Waals surface area (Å²) >= 11 is 0. The predicted octanol–water partition coefficient (Wildman–Crippen LogP) is -3.88. The molecule has 0 unspecified atom stereocenters. The summed E-state index contributed by atoms with van der Waals surface area (Å²) in [6, 6.07) is 0. The number of carboxylic acid groups (broad SMARTS) is 1. The van der Waals surface area contributed by atoms with Gasteiger partial charge in [-0.05, 0) is 13.3 Å². The lowest BCUT2D eigenvalue weighted by molar-refractivity contribution is -0.305. The van der Waals surface area contributed by atoms with Crippen LogP contribution < -0.4 is 22.0 Å². The molecule has 0 aliphatic heterocycles. The minimum Gasteiger partial charge on any atom is -0.550 e. The Morgan fingerprint density at radius 3 is 1.75 bits per heavy atom. The molecule has 0 saturated carbocycles. The third-order valence-electron chi connectivity index (χ3n) is 0.681. The average Bonchev–Trinajstić information content (AvgIpc) is 1.82. The molecule has 0 aliphatic rings. The monoisotopic (exact) mass is 175 g/mol. The molecule has 0 aromatic rings. The lowest BCUT2D eigenvalue weighted by Gasteiger charge is -1.95. The van der Waals surface area contributed by atoms with Crippen LogP contribution in [0.1, 0.15) is 19.8 Å². The molecule has 0 saturated heterocycles. The summed E-state index contributed by atoms with van der Waals surface area (Å²) in [7, 11) is 0. The first-order valence-corrected chi connectivity index (χ1v) is 3.19. The molecule has 0 atom stereocenters. The Morgan fingerprint density at radius 1 is 1.33 bits per heavy atom. The predicted molar refractivity (Wildman–Crippen MR) is 40.2 cm³/mol. The molecule has 0 rings (SSSR count). The maximum Gasteiger partial charge on any atom is 0.336 e. The third kappa shape index (κ3) is 39.7. The van der Waals surface area contributed by atoms with E-state index in [4.69, 9.17) is 0 Å². The van der Waals surface area contributed by atoms with Crippen molar-refractivity contribution in [2.45, 2.75) is 19.8 Å². The van der Waals surface area contributed by atoms with E-state index in [2.05, 4.69) is 16.9 Å². The fourth-order valence-electron chi connectivity index (χ4n) is 0.278. The van der Waals surface area contributed by atoms with Gasteiger partial charge < -0.3 is 14.7 Å². The number of carboxylic acids is 1. The van der Waals surface area contributed by atoms with Crippen LogP contribution in [-0.2, 0) is 9.59 Å². The van der Waals surface area contributed by atoms with Gasteiger partial charge in [-0.2, -0.15) is 0 Å². The van der Waals surface area contributed by atoms with Crippen molar-refractivity contribution in [1.82, 2.24) is 0 Å². The van der Waals surface area contributed by atoms with Crippen LogP contribution in [0.25, 0.3) is 0 Å².